The molecule has 0 aliphatic heterocycles. The average Bonchev–Trinajstić information content (AvgIpc) is 2.28. The lowest BCUT2D eigenvalue weighted by Gasteiger charge is -2.20. The van der Waals surface area contributed by atoms with Crippen LogP contribution in [0.3, 0.4) is 0 Å². The normalized spacial score (nSPS) is 17.3. The fraction of sp³-hybridized carbons (Fsp3) is 0.500. The molecule has 3 heteroatoms. The van der Waals surface area contributed by atoms with Gasteiger partial charge in [0.25, 0.3) is 0 Å². The molecule has 0 bridgehead atoms. The summed E-state index contributed by atoms with van der Waals surface area (Å²) >= 11 is 6.21. The summed E-state index contributed by atoms with van der Waals surface area (Å²) in [6.07, 6.45) is 4.60. The van der Waals surface area contributed by atoms with Crippen molar-refractivity contribution in [1.29, 1.82) is 0 Å². The number of nitrogens with two attached hydrogens (primary N) is 1. The van der Waals surface area contributed by atoms with Crippen LogP contribution in [0, 0.1) is 0 Å². The van der Waals surface area contributed by atoms with Crippen LogP contribution < -0.4 is 5.73 Å². The monoisotopic (exact) mass is 225 g/mol. The number of hydrogen-bond donors (Lipinski definition) is 2. The van der Waals surface area contributed by atoms with E-state index in [1.807, 2.05) is 6.07 Å². The third kappa shape index (κ3) is 2.17. The van der Waals surface area contributed by atoms with Gasteiger partial charge in [0.2, 0.25) is 0 Å². The molecule has 1 aliphatic rings. The third-order valence-electron chi connectivity index (χ3n) is 3.06. The topological polar surface area (TPSA) is 46.2 Å². The van der Waals surface area contributed by atoms with Crippen LogP contribution in [-0.2, 0) is 12.8 Å². The Kier molecular flexibility index (Phi) is 3.29. The number of aryl methyl sites for hydroxylation is 1. The van der Waals surface area contributed by atoms with Crippen LogP contribution in [0.15, 0.2) is 12.1 Å². The molecule has 2 nitrogen and oxygen atoms in total. The van der Waals surface area contributed by atoms with E-state index in [9.17, 15) is 0 Å². The lowest BCUT2D eigenvalue weighted by Crippen LogP contribution is -2.16. The number of aliphatic hydroxyl groups is 1. The van der Waals surface area contributed by atoms with Crippen molar-refractivity contribution in [2.75, 3.05) is 6.61 Å². The highest BCUT2D eigenvalue weighted by Gasteiger charge is 2.15. The van der Waals surface area contributed by atoms with Crippen molar-refractivity contribution >= 4 is 11.6 Å². The highest BCUT2D eigenvalue weighted by molar-refractivity contribution is 6.31. The number of hydrogen-bond acceptors (Lipinski definition) is 2. The largest absolute Gasteiger partial charge is 0.394 e. The van der Waals surface area contributed by atoms with Crippen LogP contribution in [0.25, 0.3) is 0 Å². The van der Waals surface area contributed by atoms with E-state index in [2.05, 4.69) is 6.07 Å². The zero-order valence-electron chi connectivity index (χ0n) is 8.67. The number of aliphatic hydroxyl groups excluding tert-OH is 1. The SMILES string of the molecule is NC(CO)c1cc(Cl)c2c(c1)CCCC2. The molecular weight excluding hydrogens is 210 g/mol. The predicted molar refractivity (Wildman–Crippen MR) is 62.1 cm³/mol. The molecule has 2 rings (SSSR count). The van der Waals surface area contributed by atoms with E-state index in [1.165, 1.54) is 24.0 Å². The second kappa shape index (κ2) is 4.52. The van der Waals surface area contributed by atoms with Gasteiger partial charge in [-0.25, -0.2) is 0 Å². The first-order valence-corrected chi connectivity index (χ1v) is 5.78. The van der Waals surface area contributed by atoms with Crippen molar-refractivity contribution in [3.63, 3.8) is 0 Å². The molecule has 82 valence electrons. The summed E-state index contributed by atoms with van der Waals surface area (Å²) < 4.78 is 0. The van der Waals surface area contributed by atoms with Gasteiger partial charge in [-0.2, -0.15) is 0 Å². The summed E-state index contributed by atoms with van der Waals surface area (Å²) in [5.41, 5.74) is 9.32. The zero-order chi connectivity index (χ0) is 10.8. The number of fused-ring (bicyclic) bond motifs is 1. The molecule has 0 heterocycles. The van der Waals surface area contributed by atoms with Gasteiger partial charge in [0, 0.05) is 5.02 Å². The molecule has 1 unspecified atom stereocenters. The summed E-state index contributed by atoms with van der Waals surface area (Å²) in [6.45, 7) is -0.0326. The molecule has 1 atom stereocenters. The van der Waals surface area contributed by atoms with Gasteiger partial charge < -0.3 is 10.8 Å². The average molecular weight is 226 g/mol. The van der Waals surface area contributed by atoms with Crippen molar-refractivity contribution in [2.24, 2.45) is 5.73 Å². The van der Waals surface area contributed by atoms with Gasteiger partial charge in [0.1, 0.15) is 0 Å². The second-order valence-electron chi connectivity index (χ2n) is 4.14. The maximum atomic E-state index is 9.02. The summed E-state index contributed by atoms with van der Waals surface area (Å²) in [6, 6.07) is 3.68. The van der Waals surface area contributed by atoms with Crippen LogP contribution in [0.4, 0.5) is 0 Å². The fourth-order valence-electron chi connectivity index (χ4n) is 2.16. The molecule has 3 N–H and O–H groups in total. The Morgan fingerprint density at radius 3 is 2.80 bits per heavy atom. The predicted octanol–water partition coefficient (Wildman–Crippen LogP) is 2.21. The van der Waals surface area contributed by atoms with Crippen molar-refractivity contribution in [2.45, 2.75) is 31.7 Å². The van der Waals surface area contributed by atoms with Gasteiger partial charge in [-0.1, -0.05) is 17.7 Å². The van der Waals surface area contributed by atoms with Gasteiger partial charge >= 0.3 is 0 Å². The van der Waals surface area contributed by atoms with E-state index >= 15 is 0 Å². The van der Waals surface area contributed by atoms with E-state index in [-0.39, 0.29) is 12.6 Å². The Labute approximate surface area is 95.1 Å². The molecule has 1 aliphatic carbocycles. The van der Waals surface area contributed by atoms with Crippen LogP contribution in [0.1, 0.15) is 35.6 Å². The maximum absolute atomic E-state index is 9.02. The van der Waals surface area contributed by atoms with Crippen molar-refractivity contribution in [1.82, 2.24) is 0 Å². The van der Waals surface area contributed by atoms with E-state index in [4.69, 9.17) is 22.4 Å². The lowest BCUT2D eigenvalue weighted by atomic mass is 9.89. The first-order valence-electron chi connectivity index (χ1n) is 5.40. The molecule has 1 aromatic carbocycles. The molecule has 0 fully saturated rings. The fourth-order valence-corrected chi connectivity index (χ4v) is 2.50. The minimum Gasteiger partial charge on any atom is -0.394 e. The molecule has 0 amide bonds. The quantitative estimate of drug-likeness (QED) is 0.811. The molecular formula is C12H16ClNO. The summed E-state index contributed by atoms with van der Waals surface area (Å²) in [4.78, 5) is 0. The van der Waals surface area contributed by atoms with Gasteiger partial charge in [0.05, 0.1) is 12.6 Å². The molecule has 1 aromatic rings. The Balaban J connectivity index is 2.40. The van der Waals surface area contributed by atoms with Crippen molar-refractivity contribution in [3.8, 4) is 0 Å². The van der Waals surface area contributed by atoms with Crippen LogP contribution >= 0.6 is 11.6 Å². The number of rotatable bonds is 2. The number of benzene rings is 1. The van der Waals surface area contributed by atoms with Gasteiger partial charge in [0.15, 0.2) is 0 Å². The van der Waals surface area contributed by atoms with Crippen molar-refractivity contribution < 1.29 is 5.11 Å². The Hall–Kier alpha value is -0.570. The van der Waals surface area contributed by atoms with Crippen LogP contribution in [0.5, 0.6) is 0 Å². The Bertz CT molecular complexity index is 365. The first-order chi connectivity index (χ1) is 7.22. The molecule has 0 saturated carbocycles. The summed E-state index contributed by atoms with van der Waals surface area (Å²) in [5, 5.41) is 9.83. The molecule has 0 spiro atoms. The van der Waals surface area contributed by atoms with Gasteiger partial charge in [-0.05, 0) is 48.4 Å². The molecule has 0 saturated heterocycles. The van der Waals surface area contributed by atoms with Gasteiger partial charge in [-0.3, -0.25) is 0 Å². The zero-order valence-corrected chi connectivity index (χ0v) is 9.43. The van der Waals surface area contributed by atoms with E-state index < -0.39 is 0 Å². The standard InChI is InChI=1S/C12H16ClNO/c13-11-6-9(12(14)7-15)5-8-3-1-2-4-10(8)11/h5-6,12,15H,1-4,7,14H2. The minimum atomic E-state index is -0.310. The van der Waals surface area contributed by atoms with E-state index in [0.717, 1.165) is 23.4 Å². The Morgan fingerprint density at radius 1 is 1.33 bits per heavy atom. The first kappa shape index (κ1) is 10.9. The van der Waals surface area contributed by atoms with Crippen LogP contribution in [0.2, 0.25) is 5.02 Å². The van der Waals surface area contributed by atoms with Crippen molar-refractivity contribution in [3.05, 3.63) is 33.8 Å². The summed E-state index contributed by atoms with van der Waals surface area (Å²) in [7, 11) is 0. The van der Waals surface area contributed by atoms with Gasteiger partial charge in [-0.15, -0.1) is 0 Å². The van der Waals surface area contributed by atoms with Crippen LogP contribution in [-0.4, -0.2) is 11.7 Å². The van der Waals surface area contributed by atoms with E-state index in [0.29, 0.717) is 0 Å². The van der Waals surface area contributed by atoms with E-state index in [1.54, 1.807) is 0 Å². The second-order valence-corrected chi connectivity index (χ2v) is 4.54. The summed E-state index contributed by atoms with van der Waals surface area (Å²) in [5.74, 6) is 0. The lowest BCUT2D eigenvalue weighted by molar-refractivity contribution is 0.268. The third-order valence-corrected chi connectivity index (χ3v) is 3.40. The molecule has 0 radical (unpaired) electrons. The smallest absolute Gasteiger partial charge is 0.0624 e. The highest BCUT2D eigenvalue weighted by Crippen LogP contribution is 2.30. The maximum Gasteiger partial charge on any atom is 0.0624 e. The highest BCUT2D eigenvalue weighted by atomic mass is 35.5. The Morgan fingerprint density at radius 2 is 2.07 bits per heavy atom. The molecule has 0 aromatic heterocycles. The minimum absolute atomic E-state index is 0.0326. The number of halogens is 1. The molecule has 15 heavy (non-hydrogen) atoms.